The molecule has 2 aliphatic heterocycles. The van der Waals surface area contributed by atoms with Gasteiger partial charge in [-0.15, -0.1) is 24.0 Å². The SMILES string of the molecule is CCNC(=NCCCN1CCOCC1)NCCCCN1CCOCC1.I. The van der Waals surface area contributed by atoms with Crippen LogP contribution in [0.4, 0.5) is 0 Å². The van der Waals surface area contributed by atoms with Gasteiger partial charge in [0.2, 0.25) is 0 Å². The molecule has 0 aromatic carbocycles. The van der Waals surface area contributed by atoms with Crippen LogP contribution in [0.1, 0.15) is 26.2 Å². The molecule has 0 amide bonds. The molecule has 0 aliphatic carbocycles. The lowest BCUT2D eigenvalue weighted by molar-refractivity contribution is 0.0372. The van der Waals surface area contributed by atoms with Crippen molar-refractivity contribution in [3.63, 3.8) is 0 Å². The van der Waals surface area contributed by atoms with Crippen LogP contribution >= 0.6 is 24.0 Å². The van der Waals surface area contributed by atoms with E-state index in [1.54, 1.807) is 0 Å². The molecule has 0 radical (unpaired) electrons. The zero-order valence-electron chi connectivity index (χ0n) is 16.4. The Morgan fingerprint density at radius 1 is 0.846 bits per heavy atom. The van der Waals surface area contributed by atoms with E-state index in [0.717, 1.165) is 91.2 Å². The number of nitrogens with one attached hydrogen (secondary N) is 2. The van der Waals surface area contributed by atoms with Crippen LogP contribution in [0.3, 0.4) is 0 Å². The van der Waals surface area contributed by atoms with Crippen LogP contribution in [-0.4, -0.2) is 101 Å². The highest BCUT2D eigenvalue weighted by Crippen LogP contribution is 2.00. The predicted molar refractivity (Wildman–Crippen MR) is 118 cm³/mol. The van der Waals surface area contributed by atoms with Crippen LogP contribution in [0.25, 0.3) is 0 Å². The van der Waals surface area contributed by atoms with Crippen LogP contribution in [-0.2, 0) is 9.47 Å². The molecule has 2 N–H and O–H groups in total. The summed E-state index contributed by atoms with van der Waals surface area (Å²) in [5, 5.41) is 6.80. The van der Waals surface area contributed by atoms with E-state index in [1.165, 1.54) is 19.4 Å². The standard InChI is InChI=1S/C18H37N5O2.HI/c1-2-19-18(21-7-5-9-23-12-16-25-17-13-23)20-6-3-4-8-22-10-14-24-15-11-22;/h2-17H2,1H3,(H2,19,20,21);1H. The van der Waals surface area contributed by atoms with Crippen molar-refractivity contribution in [3.05, 3.63) is 0 Å². The van der Waals surface area contributed by atoms with Crippen molar-refractivity contribution in [1.82, 2.24) is 20.4 Å². The van der Waals surface area contributed by atoms with Gasteiger partial charge in [0.15, 0.2) is 5.96 Å². The molecule has 2 fully saturated rings. The maximum atomic E-state index is 5.38. The molecule has 7 nitrogen and oxygen atoms in total. The zero-order valence-corrected chi connectivity index (χ0v) is 18.7. The van der Waals surface area contributed by atoms with Gasteiger partial charge in [0.05, 0.1) is 26.4 Å². The number of nitrogens with zero attached hydrogens (tertiary/aromatic N) is 3. The summed E-state index contributed by atoms with van der Waals surface area (Å²) in [6, 6.07) is 0. The molecular formula is C18H38IN5O2. The fraction of sp³-hybridized carbons (Fsp3) is 0.944. The molecule has 26 heavy (non-hydrogen) atoms. The number of aliphatic imine (C=N–C) groups is 1. The van der Waals surface area contributed by atoms with E-state index < -0.39 is 0 Å². The number of hydrogen-bond donors (Lipinski definition) is 2. The molecule has 154 valence electrons. The van der Waals surface area contributed by atoms with Crippen LogP contribution in [0.15, 0.2) is 4.99 Å². The van der Waals surface area contributed by atoms with Gasteiger partial charge in [-0.05, 0) is 32.7 Å². The Labute approximate surface area is 176 Å². The second-order valence-electron chi connectivity index (χ2n) is 6.66. The summed E-state index contributed by atoms with van der Waals surface area (Å²) in [4.78, 5) is 9.65. The highest BCUT2D eigenvalue weighted by atomic mass is 127. The zero-order chi connectivity index (χ0) is 17.6. The number of unbranched alkanes of at least 4 members (excludes halogenated alkanes) is 1. The molecule has 0 aromatic heterocycles. The molecule has 2 aliphatic rings. The third kappa shape index (κ3) is 10.9. The Kier molecular flexibility index (Phi) is 14.6. The van der Waals surface area contributed by atoms with Crippen molar-refractivity contribution in [2.75, 3.05) is 85.3 Å². The molecule has 0 spiro atoms. The van der Waals surface area contributed by atoms with Gasteiger partial charge in [-0.1, -0.05) is 0 Å². The number of rotatable bonds is 10. The molecule has 0 unspecified atom stereocenters. The molecular weight excluding hydrogens is 445 g/mol. The number of ether oxygens (including phenoxy) is 2. The van der Waals surface area contributed by atoms with E-state index >= 15 is 0 Å². The number of guanidine groups is 1. The van der Waals surface area contributed by atoms with Gasteiger partial charge < -0.3 is 20.1 Å². The van der Waals surface area contributed by atoms with Crippen molar-refractivity contribution < 1.29 is 9.47 Å². The van der Waals surface area contributed by atoms with E-state index in [1.807, 2.05) is 0 Å². The Bertz CT molecular complexity index is 361. The van der Waals surface area contributed by atoms with Gasteiger partial charge in [-0.25, -0.2) is 0 Å². The van der Waals surface area contributed by atoms with Gasteiger partial charge in [0.1, 0.15) is 0 Å². The molecule has 0 saturated carbocycles. The van der Waals surface area contributed by atoms with E-state index in [2.05, 4.69) is 27.4 Å². The smallest absolute Gasteiger partial charge is 0.191 e. The number of halogens is 1. The first kappa shape index (κ1) is 23.9. The van der Waals surface area contributed by atoms with Gasteiger partial charge in [0, 0.05) is 52.4 Å². The number of morpholine rings is 2. The first-order valence-electron chi connectivity index (χ1n) is 10.0. The minimum atomic E-state index is 0. The lowest BCUT2D eigenvalue weighted by atomic mass is 10.3. The van der Waals surface area contributed by atoms with E-state index in [-0.39, 0.29) is 24.0 Å². The fourth-order valence-electron chi connectivity index (χ4n) is 3.14. The van der Waals surface area contributed by atoms with Gasteiger partial charge >= 0.3 is 0 Å². The highest BCUT2D eigenvalue weighted by molar-refractivity contribution is 14.0. The lowest BCUT2D eigenvalue weighted by Crippen LogP contribution is -2.39. The van der Waals surface area contributed by atoms with Crippen molar-refractivity contribution in [1.29, 1.82) is 0 Å². The predicted octanol–water partition coefficient (Wildman–Crippen LogP) is 0.994. The third-order valence-corrected chi connectivity index (χ3v) is 4.65. The summed E-state index contributed by atoms with van der Waals surface area (Å²) in [7, 11) is 0. The molecule has 2 saturated heterocycles. The normalized spacial score (nSPS) is 19.8. The van der Waals surface area contributed by atoms with E-state index in [4.69, 9.17) is 14.5 Å². The van der Waals surface area contributed by atoms with E-state index in [9.17, 15) is 0 Å². The third-order valence-electron chi connectivity index (χ3n) is 4.65. The summed E-state index contributed by atoms with van der Waals surface area (Å²) in [5.74, 6) is 0.954. The summed E-state index contributed by atoms with van der Waals surface area (Å²) in [5.41, 5.74) is 0. The molecule has 0 atom stereocenters. The van der Waals surface area contributed by atoms with E-state index in [0.29, 0.717) is 0 Å². The monoisotopic (exact) mass is 483 g/mol. The Hall–Kier alpha value is -0.160. The second-order valence-corrected chi connectivity index (χ2v) is 6.66. The summed E-state index contributed by atoms with van der Waals surface area (Å²) in [6.45, 7) is 15.0. The van der Waals surface area contributed by atoms with Crippen molar-refractivity contribution >= 4 is 29.9 Å². The highest BCUT2D eigenvalue weighted by Gasteiger charge is 2.10. The maximum Gasteiger partial charge on any atom is 0.191 e. The minimum absolute atomic E-state index is 0. The number of hydrogen-bond acceptors (Lipinski definition) is 5. The van der Waals surface area contributed by atoms with Crippen molar-refractivity contribution in [3.8, 4) is 0 Å². The second kappa shape index (κ2) is 15.9. The van der Waals surface area contributed by atoms with Crippen molar-refractivity contribution in [2.24, 2.45) is 4.99 Å². The molecule has 0 bridgehead atoms. The first-order chi connectivity index (χ1) is 12.4. The average molecular weight is 483 g/mol. The summed E-state index contributed by atoms with van der Waals surface area (Å²) >= 11 is 0. The molecule has 2 heterocycles. The fourth-order valence-corrected chi connectivity index (χ4v) is 3.14. The minimum Gasteiger partial charge on any atom is -0.379 e. The van der Waals surface area contributed by atoms with Gasteiger partial charge in [-0.2, -0.15) is 0 Å². The maximum absolute atomic E-state index is 5.38. The van der Waals surface area contributed by atoms with Crippen LogP contribution < -0.4 is 10.6 Å². The first-order valence-corrected chi connectivity index (χ1v) is 10.0. The average Bonchev–Trinajstić information content (AvgIpc) is 2.66. The Morgan fingerprint density at radius 3 is 2.00 bits per heavy atom. The largest absolute Gasteiger partial charge is 0.379 e. The quantitative estimate of drug-likeness (QED) is 0.209. The lowest BCUT2D eigenvalue weighted by Gasteiger charge is -2.26. The summed E-state index contributed by atoms with van der Waals surface area (Å²) in [6.07, 6.45) is 3.51. The molecule has 2 rings (SSSR count). The van der Waals surface area contributed by atoms with Crippen molar-refractivity contribution in [2.45, 2.75) is 26.2 Å². The van der Waals surface area contributed by atoms with Gasteiger partial charge in [-0.3, -0.25) is 14.8 Å². The Balaban J connectivity index is 0.00000338. The topological polar surface area (TPSA) is 61.4 Å². The van der Waals surface area contributed by atoms with Crippen LogP contribution in [0.5, 0.6) is 0 Å². The van der Waals surface area contributed by atoms with Gasteiger partial charge in [0.25, 0.3) is 0 Å². The van der Waals surface area contributed by atoms with Crippen LogP contribution in [0, 0.1) is 0 Å². The molecule has 0 aromatic rings. The van der Waals surface area contributed by atoms with Crippen LogP contribution in [0.2, 0.25) is 0 Å². The Morgan fingerprint density at radius 2 is 1.42 bits per heavy atom. The summed E-state index contributed by atoms with van der Waals surface area (Å²) < 4.78 is 10.8. The molecule has 8 heteroatoms.